The maximum absolute atomic E-state index is 5.29. The summed E-state index contributed by atoms with van der Waals surface area (Å²) in [4.78, 5) is 8.84. The molecule has 0 aliphatic carbocycles. The highest BCUT2D eigenvalue weighted by molar-refractivity contribution is 5.54. The van der Waals surface area contributed by atoms with Crippen molar-refractivity contribution in [2.75, 3.05) is 10.6 Å². The standard InChI is InChI=1S/C16H16N4O/c1-12-10-15(17-11-14-8-5-9-21-14)20-16(18-12)19-13-6-3-2-4-7-13/h2-10H,11H2,1H3,(H2,17,18,19,20). The molecule has 3 rings (SSSR count). The molecule has 106 valence electrons. The second kappa shape index (κ2) is 6.09. The number of furan rings is 1. The van der Waals surface area contributed by atoms with Gasteiger partial charge >= 0.3 is 0 Å². The molecule has 0 unspecified atom stereocenters. The third-order valence-corrected chi connectivity index (χ3v) is 2.91. The summed E-state index contributed by atoms with van der Waals surface area (Å²) in [5.74, 6) is 2.20. The molecule has 0 spiro atoms. The van der Waals surface area contributed by atoms with Crippen LogP contribution in [0.15, 0.2) is 59.2 Å². The van der Waals surface area contributed by atoms with Crippen molar-refractivity contribution in [1.29, 1.82) is 0 Å². The van der Waals surface area contributed by atoms with Gasteiger partial charge in [-0.2, -0.15) is 4.98 Å². The van der Waals surface area contributed by atoms with E-state index in [1.165, 1.54) is 0 Å². The number of anilines is 3. The molecule has 0 saturated heterocycles. The summed E-state index contributed by atoms with van der Waals surface area (Å²) in [5.41, 5.74) is 1.85. The van der Waals surface area contributed by atoms with Gasteiger partial charge in [0.05, 0.1) is 12.8 Å². The van der Waals surface area contributed by atoms with Crippen LogP contribution in [0.5, 0.6) is 0 Å². The van der Waals surface area contributed by atoms with Crippen molar-refractivity contribution in [1.82, 2.24) is 9.97 Å². The molecule has 0 saturated carbocycles. The molecule has 5 nitrogen and oxygen atoms in total. The molecule has 3 aromatic rings. The largest absolute Gasteiger partial charge is 0.467 e. The lowest BCUT2D eigenvalue weighted by molar-refractivity contribution is 0.518. The van der Waals surface area contributed by atoms with E-state index in [1.54, 1.807) is 6.26 Å². The Morgan fingerprint density at radius 1 is 1.05 bits per heavy atom. The summed E-state index contributed by atoms with van der Waals surface area (Å²) < 4.78 is 5.29. The highest BCUT2D eigenvalue weighted by Crippen LogP contribution is 2.16. The number of rotatable bonds is 5. The van der Waals surface area contributed by atoms with Crippen LogP contribution in [-0.2, 0) is 6.54 Å². The third kappa shape index (κ3) is 3.60. The summed E-state index contributed by atoms with van der Waals surface area (Å²) in [5, 5.41) is 6.42. The van der Waals surface area contributed by atoms with Gasteiger partial charge in [0.1, 0.15) is 11.6 Å². The van der Waals surface area contributed by atoms with Crippen LogP contribution in [0.4, 0.5) is 17.5 Å². The molecule has 0 amide bonds. The lowest BCUT2D eigenvalue weighted by atomic mass is 10.3. The second-order valence-corrected chi connectivity index (χ2v) is 4.64. The van der Waals surface area contributed by atoms with E-state index in [0.717, 1.165) is 23.0 Å². The van der Waals surface area contributed by atoms with Crippen LogP contribution in [-0.4, -0.2) is 9.97 Å². The van der Waals surface area contributed by atoms with Crippen LogP contribution < -0.4 is 10.6 Å². The van der Waals surface area contributed by atoms with E-state index in [9.17, 15) is 0 Å². The first-order valence-corrected chi connectivity index (χ1v) is 6.73. The summed E-state index contributed by atoms with van der Waals surface area (Å²) in [6.45, 7) is 2.53. The minimum atomic E-state index is 0.572. The van der Waals surface area contributed by atoms with Gasteiger partial charge in [-0.1, -0.05) is 18.2 Å². The number of benzene rings is 1. The van der Waals surface area contributed by atoms with Crippen molar-refractivity contribution >= 4 is 17.5 Å². The third-order valence-electron chi connectivity index (χ3n) is 2.91. The van der Waals surface area contributed by atoms with Gasteiger partial charge in [0.15, 0.2) is 0 Å². The average Bonchev–Trinajstić information content (AvgIpc) is 2.99. The van der Waals surface area contributed by atoms with Gasteiger partial charge in [-0.15, -0.1) is 0 Å². The van der Waals surface area contributed by atoms with Crippen LogP contribution in [0.2, 0.25) is 0 Å². The Morgan fingerprint density at radius 3 is 2.67 bits per heavy atom. The number of nitrogens with zero attached hydrogens (tertiary/aromatic N) is 2. The van der Waals surface area contributed by atoms with Crippen molar-refractivity contribution in [3.63, 3.8) is 0 Å². The van der Waals surface area contributed by atoms with E-state index in [2.05, 4.69) is 20.6 Å². The fraction of sp³-hybridized carbons (Fsp3) is 0.125. The highest BCUT2D eigenvalue weighted by atomic mass is 16.3. The molecule has 2 N–H and O–H groups in total. The predicted octanol–water partition coefficient (Wildman–Crippen LogP) is 3.73. The first kappa shape index (κ1) is 13.2. The van der Waals surface area contributed by atoms with Gasteiger partial charge in [0, 0.05) is 17.4 Å². The van der Waals surface area contributed by atoms with Gasteiger partial charge in [0.25, 0.3) is 0 Å². The van der Waals surface area contributed by atoms with Crippen molar-refractivity contribution in [3.05, 3.63) is 66.2 Å². The van der Waals surface area contributed by atoms with E-state index < -0.39 is 0 Å². The van der Waals surface area contributed by atoms with Gasteiger partial charge in [-0.25, -0.2) is 4.98 Å². The molecule has 21 heavy (non-hydrogen) atoms. The van der Waals surface area contributed by atoms with Gasteiger partial charge in [-0.3, -0.25) is 0 Å². The SMILES string of the molecule is Cc1cc(NCc2ccco2)nc(Nc2ccccc2)n1. The van der Waals surface area contributed by atoms with E-state index in [-0.39, 0.29) is 0 Å². The number of nitrogens with one attached hydrogen (secondary N) is 2. The molecule has 2 aromatic heterocycles. The Bertz CT molecular complexity index is 696. The van der Waals surface area contributed by atoms with Crippen molar-refractivity contribution < 1.29 is 4.42 Å². The van der Waals surface area contributed by atoms with E-state index in [1.807, 2.05) is 55.5 Å². The molecule has 0 bridgehead atoms. The van der Waals surface area contributed by atoms with Gasteiger partial charge in [0.2, 0.25) is 5.95 Å². The monoisotopic (exact) mass is 280 g/mol. The Hall–Kier alpha value is -2.82. The molecule has 1 aromatic carbocycles. The Morgan fingerprint density at radius 2 is 1.90 bits per heavy atom. The molecule has 0 radical (unpaired) electrons. The second-order valence-electron chi connectivity index (χ2n) is 4.64. The minimum absolute atomic E-state index is 0.572. The predicted molar refractivity (Wildman–Crippen MR) is 82.5 cm³/mol. The molecule has 0 aliphatic heterocycles. The van der Waals surface area contributed by atoms with E-state index >= 15 is 0 Å². The van der Waals surface area contributed by atoms with Gasteiger partial charge in [-0.05, 0) is 31.2 Å². The zero-order valence-electron chi connectivity index (χ0n) is 11.7. The molecule has 2 heterocycles. The average molecular weight is 280 g/mol. The molecular formula is C16H16N4O. The van der Waals surface area contributed by atoms with Crippen LogP contribution in [0, 0.1) is 6.92 Å². The van der Waals surface area contributed by atoms with Crippen LogP contribution >= 0.6 is 0 Å². The number of aromatic nitrogens is 2. The molecule has 5 heteroatoms. The maximum Gasteiger partial charge on any atom is 0.229 e. The van der Waals surface area contributed by atoms with Crippen molar-refractivity contribution in [2.24, 2.45) is 0 Å². The van der Waals surface area contributed by atoms with E-state index in [0.29, 0.717) is 12.5 Å². The Kier molecular flexibility index (Phi) is 3.82. The number of para-hydroxylation sites is 1. The topological polar surface area (TPSA) is 63.0 Å². The molecule has 0 aliphatic rings. The summed E-state index contributed by atoms with van der Waals surface area (Å²) in [6, 6.07) is 15.5. The number of hydrogen-bond acceptors (Lipinski definition) is 5. The van der Waals surface area contributed by atoms with Crippen LogP contribution in [0.1, 0.15) is 11.5 Å². The minimum Gasteiger partial charge on any atom is -0.467 e. The van der Waals surface area contributed by atoms with Crippen molar-refractivity contribution in [2.45, 2.75) is 13.5 Å². The van der Waals surface area contributed by atoms with Gasteiger partial charge < -0.3 is 15.1 Å². The quantitative estimate of drug-likeness (QED) is 0.745. The molecular weight excluding hydrogens is 264 g/mol. The van der Waals surface area contributed by atoms with E-state index in [4.69, 9.17) is 4.42 Å². The Labute approximate surface area is 123 Å². The maximum atomic E-state index is 5.29. The highest BCUT2D eigenvalue weighted by Gasteiger charge is 2.03. The normalized spacial score (nSPS) is 10.3. The number of aryl methyl sites for hydroxylation is 1. The fourth-order valence-electron chi connectivity index (χ4n) is 1.96. The zero-order valence-corrected chi connectivity index (χ0v) is 11.7. The summed E-state index contributed by atoms with van der Waals surface area (Å²) in [6.07, 6.45) is 1.66. The molecule has 0 fully saturated rings. The number of hydrogen-bond donors (Lipinski definition) is 2. The first-order valence-electron chi connectivity index (χ1n) is 6.73. The first-order chi connectivity index (χ1) is 10.3. The zero-order chi connectivity index (χ0) is 14.5. The summed E-state index contributed by atoms with van der Waals surface area (Å²) in [7, 11) is 0. The van der Waals surface area contributed by atoms with Crippen molar-refractivity contribution in [3.8, 4) is 0 Å². The lowest BCUT2D eigenvalue weighted by Gasteiger charge is -2.09. The smallest absolute Gasteiger partial charge is 0.229 e. The fourth-order valence-corrected chi connectivity index (χ4v) is 1.96. The van der Waals surface area contributed by atoms with Crippen LogP contribution in [0.3, 0.4) is 0 Å². The summed E-state index contributed by atoms with van der Waals surface area (Å²) >= 11 is 0. The van der Waals surface area contributed by atoms with Crippen LogP contribution in [0.25, 0.3) is 0 Å². The lowest BCUT2D eigenvalue weighted by Crippen LogP contribution is -2.05. The Balaban J connectivity index is 1.73. The molecule has 0 atom stereocenters.